The standard InChI is InChI=1S/C15H22N2O3/c16-10-13(12-4-2-1-3-5-12)14(19)17-15(11-18)6-8-20-9-7-15/h1-5,13,18H,6-11,16H2,(H,17,19). The molecule has 1 heterocycles. The van der Waals surface area contributed by atoms with Crippen LogP contribution >= 0.6 is 0 Å². The maximum atomic E-state index is 12.5. The summed E-state index contributed by atoms with van der Waals surface area (Å²) in [5.41, 5.74) is 6.07. The summed E-state index contributed by atoms with van der Waals surface area (Å²) in [5, 5.41) is 12.6. The van der Waals surface area contributed by atoms with E-state index in [0.29, 0.717) is 26.1 Å². The van der Waals surface area contributed by atoms with Crippen molar-refractivity contribution in [3.63, 3.8) is 0 Å². The minimum atomic E-state index is -0.572. The van der Waals surface area contributed by atoms with Crippen LogP contribution in [0.4, 0.5) is 0 Å². The van der Waals surface area contributed by atoms with Gasteiger partial charge in [-0.15, -0.1) is 0 Å². The van der Waals surface area contributed by atoms with Crippen molar-refractivity contribution >= 4 is 5.91 Å². The third-order valence-electron chi connectivity index (χ3n) is 3.90. The summed E-state index contributed by atoms with van der Waals surface area (Å²) < 4.78 is 5.29. The van der Waals surface area contributed by atoms with Crippen molar-refractivity contribution in [2.24, 2.45) is 5.73 Å². The van der Waals surface area contributed by atoms with Crippen LogP contribution in [0.25, 0.3) is 0 Å². The van der Waals surface area contributed by atoms with Crippen LogP contribution in [0.15, 0.2) is 30.3 Å². The molecule has 1 aromatic rings. The van der Waals surface area contributed by atoms with Crippen LogP contribution in [0.2, 0.25) is 0 Å². The van der Waals surface area contributed by atoms with Gasteiger partial charge < -0.3 is 20.9 Å². The van der Waals surface area contributed by atoms with Crippen molar-refractivity contribution in [3.05, 3.63) is 35.9 Å². The first-order valence-corrected chi connectivity index (χ1v) is 6.96. The molecule has 1 saturated heterocycles. The van der Waals surface area contributed by atoms with E-state index in [1.165, 1.54) is 0 Å². The van der Waals surface area contributed by atoms with Gasteiger partial charge >= 0.3 is 0 Å². The Morgan fingerprint density at radius 1 is 1.35 bits per heavy atom. The first kappa shape index (κ1) is 15.0. The van der Waals surface area contributed by atoms with Crippen molar-refractivity contribution in [2.45, 2.75) is 24.3 Å². The monoisotopic (exact) mass is 278 g/mol. The number of nitrogens with one attached hydrogen (secondary N) is 1. The summed E-state index contributed by atoms with van der Waals surface area (Å²) in [7, 11) is 0. The molecule has 20 heavy (non-hydrogen) atoms. The van der Waals surface area contributed by atoms with E-state index >= 15 is 0 Å². The zero-order valence-corrected chi connectivity index (χ0v) is 11.5. The number of hydrogen-bond acceptors (Lipinski definition) is 4. The van der Waals surface area contributed by atoms with Gasteiger partial charge in [-0.2, -0.15) is 0 Å². The van der Waals surface area contributed by atoms with Crippen molar-refractivity contribution in [3.8, 4) is 0 Å². The lowest BCUT2D eigenvalue weighted by Crippen LogP contribution is -2.56. The van der Waals surface area contributed by atoms with Gasteiger partial charge in [0.05, 0.1) is 18.1 Å². The molecule has 110 valence electrons. The van der Waals surface area contributed by atoms with Gasteiger partial charge in [0, 0.05) is 19.8 Å². The van der Waals surface area contributed by atoms with Gasteiger partial charge in [0.15, 0.2) is 0 Å². The Balaban J connectivity index is 2.09. The fourth-order valence-electron chi connectivity index (χ4n) is 2.51. The molecule has 0 bridgehead atoms. The fraction of sp³-hybridized carbons (Fsp3) is 0.533. The van der Waals surface area contributed by atoms with E-state index in [1.54, 1.807) is 0 Å². The maximum absolute atomic E-state index is 12.5. The second-order valence-electron chi connectivity index (χ2n) is 5.24. The Morgan fingerprint density at radius 3 is 2.55 bits per heavy atom. The van der Waals surface area contributed by atoms with Gasteiger partial charge in [0.25, 0.3) is 0 Å². The topological polar surface area (TPSA) is 84.6 Å². The molecule has 2 rings (SSSR count). The molecule has 1 unspecified atom stereocenters. The van der Waals surface area contributed by atoms with Crippen LogP contribution < -0.4 is 11.1 Å². The van der Waals surface area contributed by atoms with E-state index in [4.69, 9.17) is 10.5 Å². The molecule has 5 nitrogen and oxygen atoms in total. The second kappa shape index (κ2) is 6.83. The predicted octanol–water partition coefficient (Wildman–Crippen LogP) is 0.387. The van der Waals surface area contributed by atoms with E-state index in [0.717, 1.165) is 5.56 Å². The molecule has 1 aromatic carbocycles. The highest BCUT2D eigenvalue weighted by Crippen LogP contribution is 2.22. The predicted molar refractivity (Wildman–Crippen MR) is 76.2 cm³/mol. The number of benzene rings is 1. The van der Waals surface area contributed by atoms with Crippen LogP contribution in [0.3, 0.4) is 0 Å². The summed E-state index contributed by atoms with van der Waals surface area (Å²) in [5.74, 6) is -0.517. The Kier molecular flexibility index (Phi) is 5.11. The third kappa shape index (κ3) is 3.36. The molecule has 0 aliphatic carbocycles. The normalized spacial score (nSPS) is 19.3. The quantitative estimate of drug-likeness (QED) is 0.727. The fourth-order valence-corrected chi connectivity index (χ4v) is 2.51. The lowest BCUT2D eigenvalue weighted by molar-refractivity contribution is -0.126. The molecule has 0 aromatic heterocycles. The van der Waals surface area contributed by atoms with Crippen LogP contribution in [-0.4, -0.2) is 42.9 Å². The Hall–Kier alpha value is -1.43. The Labute approximate surface area is 119 Å². The van der Waals surface area contributed by atoms with Gasteiger partial charge in [-0.3, -0.25) is 4.79 Å². The highest BCUT2D eigenvalue weighted by Gasteiger charge is 2.35. The highest BCUT2D eigenvalue weighted by atomic mass is 16.5. The minimum absolute atomic E-state index is 0.0752. The van der Waals surface area contributed by atoms with Gasteiger partial charge in [0.2, 0.25) is 5.91 Å². The number of nitrogens with two attached hydrogens (primary N) is 1. The van der Waals surface area contributed by atoms with E-state index in [1.807, 2.05) is 30.3 Å². The molecular formula is C15H22N2O3. The molecular weight excluding hydrogens is 256 g/mol. The molecule has 1 amide bonds. The number of carbonyl (C=O) groups is 1. The zero-order valence-electron chi connectivity index (χ0n) is 11.5. The number of hydrogen-bond donors (Lipinski definition) is 3. The summed E-state index contributed by atoms with van der Waals surface area (Å²) in [4.78, 5) is 12.5. The van der Waals surface area contributed by atoms with Gasteiger partial charge in [-0.1, -0.05) is 30.3 Å². The van der Waals surface area contributed by atoms with Crippen molar-refractivity contribution in [1.29, 1.82) is 0 Å². The smallest absolute Gasteiger partial charge is 0.229 e. The number of aliphatic hydroxyl groups excluding tert-OH is 1. The average Bonchev–Trinajstić information content (AvgIpc) is 2.50. The molecule has 1 fully saturated rings. The molecule has 0 saturated carbocycles. The number of rotatable bonds is 5. The maximum Gasteiger partial charge on any atom is 0.229 e. The molecule has 5 heteroatoms. The molecule has 1 atom stereocenters. The van der Waals surface area contributed by atoms with Crippen LogP contribution in [0.5, 0.6) is 0 Å². The number of amides is 1. The molecule has 1 aliphatic rings. The average molecular weight is 278 g/mol. The SMILES string of the molecule is NCC(C(=O)NC1(CO)CCOCC1)c1ccccc1. The lowest BCUT2D eigenvalue weighted by Gasteiger charge is -2.37. The summed E-state index contributed by atoms with van der Waals surface area (Å²) in [6, 6.07) is 9.48. The second-order valence-corrected chi connectivity index (χ2v) is 5.24. The summed E-state index contributed by atoms with van der Waals surface area (Å²) in [6.07, 6.45) is 1.25. The largest absolute Gasteiger partial charge is 0.394 e. The van der Waals surface area contributed by atoms with Gasteiger partial charge in [-0.25, -0.2) is 0 Å². The van der Waals surface area contributed by atoms with Gasteiger partial charge in [0.1, 0.15) is 0 Å². The van der Waals surface area contributed by atoms with Crippen molar-refractivity contribution < 1.29 is 14.6 Å². The zero-order chi connectivity index (χ0) is 14.4. The van der Waals surface area contributed by atoms with Crippen LogP contribution in [0, 0.1) is 0 Å². The van der Waals surface area contributed by atoms with Crippen molar-refractivity contribution in [2.75, 3.05) is 26.4 Å². The van der Waals surface area contributed by atoms with E-state index < -0.39 is 5.54 Å². The molecule has 4 N–H and O–H groups in total. The Morgan fingerprint density at radius 2 is 2.00 bits per heavy atom. The number of aliphatic hydroxyl groups is 1. The van der Waals surface area contributed by atoms with Gasteiger partial charge in [-0.05, 0) is 18.4 Å². The third-order valence-corrected chi connectivity index (χ3v) is 3.90. The lowest BCUT2D eigenvalue weighted by atomic mass is 9.89. The first-order valence-electron chi connectivity index (χ1n) is 6.96. The van der Waals surface area contributed by atoms with Crippen molar-refractivity contribution in [1.82, 2.24) is 5.32 Å². The van der Waals surface area contributed by atoms with Crippen LogP contribution in [0.1, 0.15) is 24.3 Å². The molecule has 1 aliphatic heterocycles. The van der Waals surface area contributed by atoms with E-state index in [9.17, 15) is 9.90 Å². The number of ether oxygens (including phenoxy) is 1. The summed E-state index contributed by atoms with van der Waals surface area (Å²) in [6.45, 7) is 1.28. The summed E-state index contributed by atoms with van der Waals surface area (Å²) >= 11 is 0. The van der Waals surface area contributed by atoms with Crippen LogP contribution in [-0.2, 0) is 9.53 Å². The highest BCUT2D eigenvalue weighted by molar-refractivity contribution is 5.84. The Bertz CT molecular complexity index is 430. The van der Waals surface area contributed by atoms with E-state index in [-0.39, 0.29) is 25.0 Å². The minimum Gasteiger partial charge on any atom is -0.394 e. The first-order chi connectivity index (χ1) is 9.71. The number of carbonyl (C=O) groups excluding carboxylic acids is 1. The molecule has 0 radical (unpaired) electrons. The molecule has 0 spiro atoms. The van der Waals surface area contributed by atoms with E-state index in [2.05, 4.69) is 5.32 Å².